The highest BCUT2D eigenvalue weighted by atomic mass is 35.5. The van der Waals surface area contributed by atoms with Gasteiger partial charge in [0.05, 0.1) is 7.11 Å². The molecule has 3 heteroatoms. The van der Waals surface area contributed by atoms with E-state index in [1.807, 2.05) is 12.1 Å². The lowest BCUT2D eigenvalue weighted by Gasteiger charge is -2.38. The van der Waals surface area contributed by atoms with Gasteiger partial charge >= 0.3 is 0 Å². The molecule has 2 nitrogen and oxygen atoms in total. The van der Waals surface area contributed by atoms with E-state index in [9.17, 15) is 0 Å². The molecule has 1 heterocycles. The molecule has 0 bridgehead atoms. The molecule has 1 unspecified atom stereocenters. The van der Waals surface area contributed by atoms with Crippen LogP contribution in [0, 0.1) is 0 Å². The second-order valence-corrected chi connectivity index (χ2v) is 4.08. The highest BCUT2D eigenvalue weighted by Gasteiger charge is 2.27. The van der Waals surface area contributed by atoms with Crippen molar-refractivity contribution in [1.82, 2.24) is 4.90 Å². The first-order valence-electron chi connectivity index (χ1n) is 4.76. The van der Waals surface area contributed by atoms with E-state index in [1.54, 1.807) is 7.11 Å². The zero-order valence-corrected chi connectivity index (χ0v) is 9.21. The molecule has 0 aliphatic carbocycles. The molecule has 0 aromatic heterocycles. The third-order valence-corrected chi connectivity index (χ3v) is 3.18. The van der Waals surface area contributed by atoms with E-state index in [1.165, 1.54) is 12.0 Å². The maximum atomic E-state index is 6.17. The highest BCUT2D eigenvalue weighted by molar-refractivity contribution is 6.31. The van der Waals surface area contributed by atoms with Crippen LogP contribution in [0.2, 0.25) is 5.02 Å². The topological polar surface area (TPSA) is 12.5 Å². The predicted octanol–water partition coefficient (Wildman–Crippen LogP) is 2.73. The van der Waals surface area contributed by atoms with E-state index in [0.29, 0.717) is 6.04 Å². The lowest BCUT2D eigenvalue weighted by molar-refractivity contribution is 0.128. The quantitative estimate of drug-likeness (QED) is 0.746. The van der Waals surface area contributed by atoms with Gasteiger partial charge in [-0.25, -0.2) is 0 Å². The fraction of sp³-hybridized carbons (Fsp3) is 0.455. The highest BCUT2D eigenvalue weighted by Crippen LogP contribution is 2.36. The Morgan fingerprint density at radius 3 is 2.71 bits per heavy atom. The van der Waals surface area contributed by atoms with Crippen LogP contribution in [0.15, 0.2) is 18.2 Å². The third kappa shape index (κ3) is 1.60. The van der Waals surface area contributed by atoms with Crippen molar-refractivity contribution in [2.45, 2.75) is 12.5 Å². The zero-order valence-electron chi connectivity index (χ0n) is 8.46. The lowest BCUT2D eigenvalue weighted by Crippen LogP contribution is -2.37. The van der Waals surface area contributed by atoms with Crippen molar-refractivity contribution in [3.05, 3.63) is 28.8 Å². The number of benzene rings is 1. The number of nitrogens with zero attached hydrogens (tertiary/aromatic N) is 1. The predicted molar refractivity (Wildman–Crippen MR) is 58.0 cm³/mol. The van der Waals surface area contributed by atoms with Gasteiger partial charge in [0.2, 0.25) is 0 Å². The van der Waals surface area contributed by atoms with Crippen molar-refractivity contribution in [3.8, 4) is 5.75 Å². The van der Waals surface area contributed by atoms with Crippen molar-refractivity contribution in [3.63, 3.8) is 0 Å². The van der Waals surface area contributed by atoms with Gasteiger partial charge in [-0.1, -0.05) is 17.7 Å². The van der Waals surface area contributed by atoms with Crippen molar-refractivity contribution in [2.24, 2.45) is 0 Å². The molecule has 2 rings (SSSR count). The minimum atomic E-state index is 0.494. The van der Waals surface area contributed by atoms with Crippen molar-refractivity contribution < 1.29 is 4.74 Å². The van der Waals surface area contributed by atoms with Crippen molar-refractivity contribution >= 4 is 11.6 Å². The Hall–Kier alpha value is -0.730. The maximum Gasteiger partial charge on any atom is 0.120 e. The lowest BCUT2D eigenvalue weighted by atomic mass is 9.95. The van der Waals surface area contributed by atoms with Crippen LogP contribution in [0.3, 0.4) is 0 Å². The van der Waals surface area contributed by atoms with Crippen molar-refractivity contribution in [1.29, 1.82) is 0 Å². The summed E-state index contributed by atoms with van der Waals surface area (Å²) in [6, 6.07) is 6.39. The number of ether oxygens (including phenoxy) is 1. The van der Waals surface area contributed by atoms with Gasteiger partial charge in [0, 0.05) is 17.6 Å². The Bertz CT molecular complexity index is 340. The number of hydrogen-bond acceptors (Lipinski definition) is 2. The summed E-state index contributed by atoms with van der Waals surface area (Å²) in [5, 5.41) is 0.806. The largest absolute Gasteiger partial charge is 0.497 e. The number of likely N-dealkylation sites (tertiary alicyclic amines) is 1. The second-order valence-electron chi connectivity index (χ2n) is 3.67. The Morgan fingerprint density at radius 1 is 1.50 bits per heavy atom. The van der Waals surface area contributed by atoms with Gasteiger partial charge in [0.25, 0.3) is 0 Å². The molecule has 0 spiro atoms. The van der Waals surface area contributed by atoms with Gasteiger partial charge in [0.15, 0.2) is 0 Å². The fourth-order valence-corrected chi connectivity index (χ4v) is 2.11. The SMILES string of the molecule is COc1ccc(C2CCN2C)c(Cl)c1. The standard InChI is InChI=1S/C11H14ClNO/c1-13-6-5-11(13)9-4-3-8(14-2)7-10(9)12/h3-4,7,11H,5-6H2,1-2H3. The third-order valence-electron chi connectivity index (χ3n) is 2.85. The van der Waals surface area contributed by atoms with Gasteiger partial charge in [-0.05, 0) is 31.2 Å². The summed E-state index contributed by atoms with van der Waals surface area (Å²) in [5.74, 6) is 0.820. The average molecular weight is 212 g/mol. The Labute approximate surface area is 89.4 Å². The molecule has 14 heavy (non-hydrogen) atoms. The van der Waals surface area contributed by atoms with Crippen LogP contribution < -0.4 is 4.74 Å². The molecule has 1 aliphatic rings. The first-order valence-corrected chi connectivity index (χ1v) is 5.14. The minimum absolute atomic E-state index is 0.494. The average Bonchev–Trinajstić information content (AvgIpc) is 2.18. The zero-order chi connectivity index (χ0) is 10.1. The summed E-state index contributed by atoms with van der Waals surface area (Å²) in [7, 11) is 3.77. The molecule has 0 saturated carbocycles. The Kier molecular flexibility index (Phi) is 2.66. The summed E-state index contributed by atoms with van der Waals surface area (Å²) in [6.07, 6.45) is 1.20. The summed E-state index contributed by atoms with van der Waals surface area (Å²) in [4.78, 5) is 2.30. The van der Waals surface area contributed by atoms with E-state index in [4.69, 9.17) is 16.3 Å². The summed E-state index contributed by atoms with van der Waals surface area (Å²) in [6.45, 7) is 1.16. The van der Waals surface area contributed by atoms with E-state index in [2.05, 4.69) is 18.0 Å². The van der Waals surface area contributed by atoms with E-state index in [0.717, 1.165) is 17.3 Å². The monoisotopic (exact) mass is 211 g/mol. The number of methoxy groups -OCH3 is 1. The molecular weight excluding hydrogens is 198 g/mol. The number of halogens is 1. The van der Waals surface area contributed by atoms with Crippen molar-refractivity contribution in [2.75, 3.05) is 20.7 Å². The first-order chi connectivity index (χ1) is 6.72. The number of rotatable bonds is 2. The molecule has 1 aliphatic heterocycles. The van der Waals surface area contributed by atoms with Crippen LogP contribution in [-0.2, 0) is 0 Å². The molecule has 1 aromatic rings. The first kappa shape index (κ1) is 9.81. The molecule has 1 atom stereocenters. The Balaban J connectivity index is 2.26. The molecule has 1 fully saturated rings. The van der Waals surface area contributed by atoms with Crippen LogP contribution in [0.5, 0.6) is 5.75 Å². The van der Waals surface area contributed by atoms with E-state index >= 15 is 0 Å². The smallest absolute Gasteiger partial charge is 0.120 e. The molecule has 0 amide bonds. The second kappa shape index (κ2) is 3.79. The van der Waals surface area contributed by atoms with Crippen LogP contribution in [0.4, 0.5) is 0 Å². The molecule has 0 N–H and O–H groups in total. The Morgan fingerprint density at radius 2 is 2.29 bits per heavy atom. The van der Waals surface area contributed by atoms with Gasteiger partial charge in [0.1, 0.15) is 5.75 Å². The van der Waals surface area contributed by atoms with Crippen LogP contribution in [0.1, 0.15) is 18.0 Å². The molecular formula is C11H14ClNO. The summed E-state index contributed by atoms with van der Waals surface area (Å²) >= 11 is 6.17. The van der Waals surface area contributed by atoms with E-state index in [-0.39, 0.29) is 0 Å². The van der Waals surface area contributed by atoms with Gasteiger partial charge in [-0.3, -0.25) is 4.90 Å². The van der Waals surface area contributed by atoms with Crippen LogP contribution in [-0.4, -0.2) is 25.6 Å². The van der Waals surface area contributed by atoms with Gasteiger partial charge in [-0.2, -0.15) is 0 Å². The van der Waals surface area contributed by atoms with Gasteiger partial charge < -0.3 is 4.74 Å². The molecule has 76 valence electrons. The van der Waals surface area contributed by atoms with E-state index < -0.39 is 0 Å². The molecule has 0 radical (unpaired) electrons. The maximum absolute atomic E-state index is 6.17. The molecule has 1 aromatic carbocycles. The fourth-order valence-electron chi connectivity index (χ4n) is 1.81. The molecule has 1 saturated heterocycles. The minimum Gasteiger partial charge on any atom is -0.497 e. The van der Waals surface area contributed by atoms with Crippen LogP contribution >= 0.6 is 11.6 Å². The summed E-state index contributed by atoms with van der Waals surface area (Å²) < 4.78 is 5.11. The summed E-state index contributed by atoms with van der Waals surface area (Å²) in [5.41, 5.74) is 1.21. The van der Waals surface area contributed by atoms with Crippen LogP contribution in [0.25, 0.3) is 0 Å². The number of hydrogen-bond donors (Lipinski definition) is 0. The van der Waals surface area contributed by atoms with Gasteiger partial charge in [-0.15, -0.1) is 0 Å². The normalized spacial score (nSPS) is 21.8.